The van der Waals surface area contributed by atoms with E-state index in [-0.39, 0.29) is 0 Å². The van der Waals surface area contributed by atoms with Crippen LogP contribution in [0.4, 0.5) is 0 Å². The summed E-state index contributed by atoms with van der Waals surface area (Å²) in [6.45, 7) is 5.69. The van der Waals surface area contributed by atoms with Gasteiger partial charge < -0.3 is 10.1 Å². The highest BCUT2D eigenvalue weighted by Gasteiger charge is 2.26. The third-order valence-electron chi connectivity index (χ3n) is 3.86. The Morgan fingerprint density at radius 3 is 2.81 bits per heavy atom. The minimum absolute atomic E-state index is 0.363. The molecule has 0 aromatic carbocycles. The van der Waals surface area contributed by atoms with Gasteiger partial charge in [-0.25, -0.2) is 0 Å². The van der Waals surface area contributed by atoms with E-state index in [9.17, 15) is 0 Å². The summed E-state index contributed by atoms with van der Waals surface area (Å²) >= 11 is 0. The van der Waals surface area contributed by atoms with Crippen molar-refractivity contribution < 1.29 is 4.74 Å². The Morgan fingerprint density at radius 2 is 2.12 bits per heavy atom. The van der Waals surface area contributed by atoms with E-state index in [1.807, 2.05) is 7.11 Å². The summed E-state index contributed by atoms with van der Waals surface area (Å²) in [5, 5.41) is 3.67. The first kappa shape index (κ1) is 12.3. The highest BCUT2D eigenvalue weighted by atomic mass is 16.5. The topological polar surface area (TPSA) is 24.5 Å². The first-order valence-corrected chi connectivity index (χ1v) is 6.80. The van der Waals surface area contributed by atoms with E-state index in [0.717, 1.165) is 18.6 Å². The van der Waals surface area contributed by atoms with Crippen LogP contribution in [0.1, 0.15) is 39.0 Å². The van der Waals surface area contributed by atoms with Crippen LogP contribution in [-0.4, -0.2) is 49.8 Å². The third kappa shape index (κ3) is 3.72. The Labute approximate surface area is 99.5 Å². The molecule has 0 spiro atoms. The highest BCUT2D eigenvalue weighted by Crippen LogP contribution is 2.21. The maximum atomic E-state index is 5.38. The first-order valence-electron chi connectivity index (χ1n) is 6.80. The lowest BCUT2D eigenvalue weighted by Gasteiger charge is -2.37. The van der Waals surface area contributed by atoms with Gasteiger partial charge in [0.05, 0.1) is 6.10 Å². The number of nitrogens with one attached hydrogen (secondary N) is 1. The van der Waals surface area contributed by atoms with E-state index in [0.29, 0.717) is 6.10 Å². The fourth-order valence-corrected chi connectivity index (χ4v) is 2.53. The Morgan fingerprint density at radius 1 is 1.31 bits per heavy atom. The van der Waals surface area contributed by atoms with Crippen LogP contribution in [0.15, 0.2) is 0 Å². The van der Waals surface area contributed by atoms with Gasteiger partial charge in [0.1, 0.15) is 0 Å². The minimum Gasteiger partial charge on any atom is -0.380 e. The van der Waals surface area contributed by atoms with Gasteiger partial charge in [0.2, 0.25) is 0 Å². The normalized spacial score (nSPS) is 29.2. The average Bonchev–Trinajstić information content (AvgIpc) is 3.11. The average molecular weight is 226 g/mol. The van der Waals surface area contributed by atoms with Crippen molar-refractivity contribution >= 4 is 0 Å². The lowest BCUT2D eigenvalue weighted by Crippen LogP contribution is -2.48. The molecule has 0 radical (unpaired) electrons. The summed E-state index contributed by atoms with van der Waals surface area (Å²) in [4.78, 5) is 2.62. The molecule has 2 fully saturated rings. The molecule has 1 N–H and O–H groups in total. The number of methoxy groups -OCH3 is 1. The smallest absolute Gasteiger partial charge is 0.0670 e. The number of piperidine rings is 1. The number of nitrogens with zero attached hydrogens (tertiary/aromatic N) is 1. The maximum absolute atomic E-state index is 5.38. The monoisotopic (exact) mass is 226 g/mol. The van der Waals surface area contributed by atoms with Gasteiger partial charge in [0, 0.05) is 32.3 Å². The van der Waals surface area contributed by atoms with Gasteiger partial charge in [-0.3, -0.25) is 4.90 Å². The Bertz CT molecular complexity index is 206. The van der Waals surface area contributed by atoms with Crippen molar-refractivity contribution in [3.63, 3.8) is 0 Å². The van der Waals surface area contributed by atoms with Gasteiger partial charge in [-0.1, -0.05) is 6.42 Å². The van der Waals surface area contributed by atoms with E-state index in [2.05, 4.69) is 17.1 Å². The molecule has 0 aromatic rings. The van der Waals surface area contributed by atoms with Crippen molar-refractivity contribution in [3.8, 4) is 0 Å². The molecule has 1 saturated carbocycles. The third-order valence-corrected chi connectivity index (χ3v) is 3.86. The fraction of sp³-hybridized carbons (Fsp3) is 1.00. The van der Waals surface area contributed by atoms with E-state index in [4.69, 9.17) is 4.74 Å². The Kier molecular flexibility index (Phi) is 4.62. The zero-order valence-electron chi connectivity index (χ0n) is 10.7. The second kappa shape index (κ2) is 5.99. The molecule has 2 rings (SSSR count). The van der Waals surface area contributed by atoms with Crippen LogP contribution in [0.2, 0.25) is 0 Å². The van der Waals surface area contributed by atoms with Crippen LogP contribution < -0.4 is 5.32 Å². The molecule has 1 aliphatic carbocycles. The SMILES string of the molecule is COC(C)CN1CCCCC1CNC1CC1. The van der Waals surface area contributed by atoms with E-state index in [1.165, 1.54) is 45.2 Å². The molecule has 94 valence electrons. The zero-order valence-corrected chi connectivity index (χ0v) is 10.7. The standard InChI is InChI=1S/C13H26N2O/c1-11(16-2)10-15-8-4-3-5-13(15)9-14-12-6-7-12/h11-14H,3-10H2,1-2H3. The summed E-state index contributed by atoms with van der Waals surface area (Å²) in [6, 6.07) is 1.58. The maximum Gasteiger partial charge on any atom is 0.0670 e. The van der Waals surface area contributed by atoms with Crippen molar-refractivity contribution in [2.45, 2.75) is 57.2 Å². The molecule has 16 heavy (non-hydrogen) atoms. The number of hydrogen-bond acceptors (Lipinski definition) is 3. The summed E-state index contributed by atoms with van der Waals surface area (Å²) in [7, 11) is 1.81. The van der Waals surface area contributed by atoms with Crippen molar-refractivity contribution in [1.29, 1.82) is 0 Å². The van der Waals surface area contributed by atoms with Crippen LogP contribution in [0, 0.1) is 0 Å². The van der Waals surface area contributed by atoms with Crippen LogP contribution >= 0.6 is 0 Å². The Balaban J connectivity index is 1.75. The van der Waals surface area contributed by atoms with Crippen molar-refractivity contribution in [2.75, 3.05) is 26.7 Å². The highest BCUT2D eigenvalue weighted by molar-refractivity contribution is 4.86. The van der Waals surface area contributed by atoms with Crippen molar-refractivity contribution in [3.05, 3.63) is 0 Å². The van der Waals surface area contributed by atoms with Gasteiger partial charge in [-0.15, -0.1) is 0 Å². The van der Waals surface area contributed by atoms with E-state index < -0.39 is 0 Å². The van der Waals surface area contributed by atoms with Gasteiger partial charge in [0.25, 0.3) is 0 Å². The number of ether oxygens (including phenoxy) is 1. The van der Waals surface area contributed by atoms with Gasteiger partial charge in [-0.05, 0) is 39.2 Å². The number of likely N-dealkylation sites (tertiary alicyclic amines) is 1. The number of hydrogen-bond donors (Lipinski definition) is 1. The molecule has 0 aromatic heterocycles. The molecule has 2 unspecified atom stereocenters. The first-order chi connectivity index (χ1) is 7.79. The molecule has 2 aliphatic rings. The molecular weight excluding hydrogens is 200 g/mol. The van der Waals surface area contributed by atoms with Gasteiger partial charge >= 0.3 is 0 Å². The van der Waals surface area contributed by atoms with Crippen LogP contribution in [0.25, 0.3) is 0 Å². The second-order valence-electron chi connectivity index (χ2n) is 5.37. The van der Waals surface area contributed by atoms with Crippen LogP contribution in [0.3, 0.4) is 0 Å². The minimum atomic E-state index is 0.363. The molecule has 3 nitrogen and oxygen atoms in total. The summed E-state index contributed by atoms with van der Waals surface area (Å²) in [5.74, 6) is 0. The Hall–Kier alpha value is -0.120. The molecule has 0 bridgehead atoms. The molecule has 2 atom stereocenters. The van der Waals surface area contributed by atoms with E-state index in [1.54, 1.807) is 0 Å². The fourth-order valence-electron chi connectivity index (χ4n) is 2.53. The second-order valence-corrected chi connectivity index (χ2v) is 5.37. The molecule has 1 heterocycles. The van der Waals surface area contributed by atoms with Crippen molar-refractivity contribution in [2.24, 2.45) is 0 Å². The predicted octanol–water partition coefficient (Wildman–Crippen LogP) is 1.63. The van der Waals surface area contributed by atoms with Gasteiger partial charge in [0.15, 0.2) is 0 Å². The molecule has 1 saturated heterocycles. The lowest BCUT2D eigenvalue weighted by molar-refractivity contribution is 0.0462. The summed E-state index contributed by atoms with van der Waals surface area (Å²) in [5.41, 5.74) is 0. The van der Waals surface area contributed by atoms with E-state index >= 15 is 0 Å². The molecule has 0 amide bonds. The molecular formula is C13H26N2O. The van der Waals surface area contributed by atoms with Crippen LogP contribution in [-0.2, 0) is 4.74 Å². The predicted molar refractivity (Wildman–Crippen MR) is 66.7 cm³/mol. The zero-order chi connectivity index (χ0) is 11.4. The molecule has 1 aliphatic heterocycles. The van der Waals surface area contributed by atoms with Gasteiger partial charge in [-0.2, -0.15) is 0 Å². The largest absolute Gasteiger partial charge is 0.380 e. The summed E-state index contributed by atoms with van der Waals surface area (Å²) < 4.78 is 5.38. The molecule has 3 heteroatoms. The quantitative estimate of drug-likeness (QED) is 0.745. The van der Waals surface area contributed by atoms with Crippen molar-refractivity contribution in [1.82, 2.24) is 10.2 Å². The van der Waals surface area contributed by atoms with Crippen LogP contribution in [0.5, 0.6) is 0 Å². The summed E-state index contributed by atoms with van der Waals surface area (Å²) in [6.07, 6.45) is 7.26. The number of rotatable bonds is 6. The lowest BCUT2D eigenvalue weighted by atomic mass is 10.0.